The number of anilines is 1. The maximum absolute atomic E-state index is 12.8. The predicted octanol–water partition coefficient (Wildman–Crippen LogP) is 3.97. The maximum atomic E-state index is 12.8. The molecule has 1 aliphatic heterocycles. The van der Waals surface area contributed by atoms with Crippen LogP contribution in [0.2, 0.25) is 0 Å². The Labute approximate surface area is 167 Å². The molecule has 6 heteroatoms. The van der Waals surface area contributed by atoms with Crippen molar-refractivity contribution in [1.29, 1.82) is 0 Å². The smallest absolute Gasteiger partial charge is 0.261 e. The molecular formula is C21H23BrN2O3. The Morgan fingerprint density at radius 2 is 1.81 bits per heavy atom. The number of nitrogens with one attached hydrogen (secondary N) is 1. The summed E-state index contributed by atoms with van der Waals surface area (Å²) in [6.07, 6.45) is 7.77. The van der Waals surface area contributed by atoms with Crippen LogP contribution in [-0.4, -0.2) is 34.0 Å². The molecule has 1 aromatic rings. The first-order chi connectivity index (χ1) is 12.8. The number of rotatable bonds is 3. The van der Waals surface area contributed by atoms with Crippen LogP contribution < -0.4 is 5.32 Å². The van der Waals surface area contributed by atoms with Crippen molar-refractivity contribution in [2.24, 2.45) is 17.3 Å². The zero-order valence-electron chi connectivity index (χ0n) is 15.4. The molecule has 1 N–H and O–H groups in total. The molecule has 1 heterocycles. The number of carbonyl (C=O) groups excluding carboxylic acids is 3. The lowest BCUT2D eigenvalue weighted by Gasteiger charge is -2.60. The fourth-order valence-electron chi connectivity index (χ4n) is 6.53. The van der Waals surface area contributed by atoms with Gasteiger partial charge in [-0.3, -0.25) is 19.3 Å². The number of halogens is 1. The number of carbonyl (C=O) groups is 3. The number of amides is 3. The average molecular weight is 431 g/mol. The number of hydrogen-bond acceptors (Lipinski definition) is 3. The van der Waals surface area contributed by atoms with Crippen LogP contribution >= 0.6 is 15.9 Å². The van der Waals surface area contributed by atoms with Crippen molar-refractivity contribution < 1.29 is 14.4 Å². The quantitative estimate of drug-likeness (QED) is 0.582. The molecule has 0 radical (unpaired) electrons. The van der Waals surface area contributed by atoms with E-state index in [4.69, 9.17) is 0 Å². The lowest BCUT2D eigenvalue weighted by molar-refractivity contribution is -0.123. The van der Waals surface area contributed by atoms with Gasteiger partial charge in [-0.1, -0.05) is 15.9 Å². The molecule has 5 nitrogen and oxygen atoms in total. The number of benzene rings is 1. The average Bonchev–Trinajstić information content (AvgIpc) is 2.76. The standard InChI is InChI=1S/C21H23BrN2O3/c1-24-18(26)15-3-2-14(5-16(15)19(24)27)23-17(25)10-20-6-12-4-13(7-20)9-21(22,8-12)11-20/h2-3,5,12-13H,4,6-11H2,1H3,(H,23,25). The largest absolute Gasteiger partial charge is 0.326 e. The van der Waals surface area contributed by atoms with Crippen LogP contribution in [0.15, 0.2) is 18.2 Å². The second-order valence-corrected chi connectivity index (χ2v) is 10.9. The Hall–Kier alpha value is -1.69. The van der Waals surface area contributed by atoms with Gasteiger partial charge in [0, 0.05) is 23.5 Å². The Morgan fingerprint density at radius 1 is 1.15 bits per heavy atom. The zero-order valence-corrected chi connectivity index (χ0v) is 17.0. The van der Waals surface area contributed by atoms with E-state index in [1.807, 2.05) is 0 Å². The van der Waals surface area contributed by atoms with Crippen molar-refractivity contribution in [3.05, 3.63) is 29.3 Å². The third-order valence-corrected chi connectivity index (χ3v) is 7.95. The molecule has 6 rings (SSSR count). The highest BCUT2D eigenvalue weighted by Crippen LogP contribution is 2.65. The Balaban J connectivity index is 1.32. The third-order valence-electron chi connectivity index (χ3n) is 7.02. The summed E-state index contributed by atoms with van der Waals surface area (Å²) < 4.78 is 0.238. The zero-order chi connectivity index (χ0) is 19.0. The van der Waals surface area contributed by atoms with Crippen LogP contribution in [0, 0.1) is 17.3 Å². The monoisotopic (exact) mass is 430 g/mol. The topological polar surface area (TPSA) is 66.5 Å². The minimum Gasteiger partial charge on any atom is -0.326 e. The minimum absolute atomic E-state index is 0.0122. The van der Waals surface area contributed by atoms with Gasteiger partial charge in [0.2, 0.25) is 5.91 Å². The van der Waals surface area contributed by atoms with Crippen molar-refractivity contribution in [1.82, 2.24) is 4.90 Å². The van der Waals surface area contributed by atoms with Crippen molar-refractivity contribution in [3.63, 3.8) is 0 Å². The van der Waals surface area contributed by atoms with Crippen molar-refractivity contribution >= 4 is 39.3 Å². The first-order valence-electron chi connectivity index (χ1n) is 9.71. The molecule has 0 aromatic heterocycles. The molecular weight excluding hydrogens is 408 g/mol. The molecule has 142 valence electrons. The molecule has 4 saturated carbocycles. The van der Waals surface area contributed by atoms with Gasteiger partial charge >= 0.3 is 0 Å². The minimum atomic E-state index is -0.312. The van der Waals surface area contributed by atoms with E-state index in [0.29, 0.717) is 23.2 Å². The van der Waals surface area contributed by atoms with E-state index in [1.54, 1.807) is 18.2 Å². The van der Waals surface area contributed by atoms with E-state index in [1.165, 1.54) is 26.3 Å². The number of hydrogen-bond donors (Lipinski definition) is 1. The molecule has 2 unspecified atom stereocenters. The molecule has 0 spiro atoms. The SMILES string of the molecule is CN1C(=O)c2ccc(NC(=O)CC34CC5CC(CC(Br)(C5)C3)C4)cc2C1=O. The number of nitrogens with zero attached hydrogens (tertiary/aromatic N) is 1. The van der Waals surface area contributed by atoms with E-state index in [9.17, 15) is 14.4 Å². The van der Waals surface area contributed by atoms with E-state index in [2.05, 4.69) is 21.2 Å². The molecule has 1 aromatic carbocycles. The van der Waals surface area contributed by atoms with Gasteiger partial charge in [0.25, 0.3) is 11.8 Å². The van der Waals surface area contributed by atoms with E-state index in [0.717, 1.165) is 36.0 Å². The summed E-state index contributed by atoms with van der Waals surface area (Å²) in [5, 5.41) is 2.97. The highest BCUT2D eigenvalue weighted by atomic mass is 79.9. The van der Waals surface area contributed by atoms with Crippen LogP contribution in [0.4, 0.5) is 5.69 Å². The van der Waals surface area contributed by atoms with Crippen LogP contribution in [0.1, 0.15) is 65.7 Å². The van der Waals surface area contributed by atoms with Gasteiger partial charge in [0.1, 0.15) is 0 Å². The Morgan fingerprint density at radius 3 is 2.48 bits per heavy atom. The van der Waals surface area contributed by atoms with Gasteiger partial charge in [-0.15, -0.1) is 0 Å². The molecule has 4 aliphatic carbocycles. The van der Waals surface area contributed by atoms with Crippen molar-refractivity contribution in [2.45, 2.75) is 49.3 Å². The molecule has 4 fully saturated rings. The Kier molecular flexibility index (Phi) is 3.65. The molecule has 5 aliphatic rings. The van der Waals surface area contributed by atoms with Gasteiger partial charge in [-0.2, -0.15) is 0 Å². The van der Waals surface area contributed by atoms with E-state index < -0.39 is 0 Å². The van der Waals surface area contributed by atoms with Gasteiger partial charge in [-0.25, -0.2) is 0 Å². The first kappa shape index (κ1) is 17.4. The number of imide groups is 1. The summed E-state index contributed by atoms with van der Waals surface area (Å²) in [5.74, 6) is 0.908. The highest BCUT2D eigenvalue weighted by Gasteiger charge is 2.57. The highest BCUT2D eigenvalue weighted by molar-refractivity contribution is 9.10. The van der Waals surface area contributed by atoms with E-state index >= 15 is 0 Å². The lowest BCUT2D eigenvalue weighted by Crippen LogP contribution is -2.53. The summed E-state index contributed by atoms with van der Waals surface area (Å²) in [6, 6.07) is 4.97. The fraction of sp³-hybridized carbons (Fsp3) is 0.571. The van der Waals surface area contributed by atoms with Gasteiger partial charge in [0.15, 0.2) is 0 Å². The third kappa shape index (κ3) is 2.75. The maximum Gasteiger partial charge on any atom is 0.261 e. The lowest BCUT2D eigenvalue weighted by atomic mass is 9.48. The van der Waals surface area contributed by atoms with E-state index in [-0.39, 0.29) is 27.5 Å². The van der Waals surface area contributed by atoms with Crippen molar-refractivity contribution in [2.75, 3.05) is 12.4 Å². The summed E-state index contributed by atoms with van der Waals surface area (Å²) in [7, 11) is 1.48. The van der Waals surface area contributed by atoms with Crippen LogP contribution in [0.5, 0.6) is 0 Å². The van der Waals surface area contributed by atoms with Crippen LogP contribution in [0.3, 0.4) is 0 Å². The second-order valence-electron chi connectivity index (χ2n) is 9.27. The molecule has 2 atom stereocenters. The predicted molar refractivity (Wildman–Crippen MR) is 105 cm³/mol. The van der Waals surface area contributed by atoms with Crippen LogP contribution in [0.25, 0.3) is 0 Å². The molecule has 27 heavy (non-hydrogen) atoms. The summed E-state index contributed by atoms with van der Waals surface area (Å²) in [5.41, 5.74) is 1.48. The Bertz CT molecular complexity index is 866. The molecule has 3 amide bonds. The second kappa shape index (κ2) is 5.66. The number of fused-ring (bicyclic) bond motifs is 1. The van der Waals surface area contributed by atoms with Gasteiger partial charge in [0.05, 0.1) is 11.1 Å². The van der Waals surface area contributed by atoms with Gasteiger partial charge < -0.3 is 5.32 Å². The summed E-state index contributed by atoms with van der Waals surface area (Å²) in [6.45, 7) is 0. The molecule has 4 bridgehead atoms. The first-order valence-corrected chi connectivity index (χ1v) is 10.5. The normalized spacial score (nSPS) is 36.3. The van der Waals surface area contributed by atoms with Crippen molar-refractivity contribution in [3.8, 4) is 0 Å². The van der Waals surface area contributed by atoms with Crippen LogP contribution in [-0.2, 0) is 4.79 Å². The van der Waals surface area contributed by atoms with Gasteiger partial charge in [-0.05, 0) is 74.0 Å². The molecule has 0 saturated heterocycles. The summed E-state index contributed by atoms with van der Waals surface area (Å²) >= 11 is 4.00. The fourth-order valence-corrected chi connectivity index (χ4v) is 8.04. The summed E-state index contributed by atoms with van der Waals surface area (Å²) in [4.78, 5) is 38.1. The number of alkyl halides is 1.